The lowest BCUT2D eigenvalue weighted by molar-refractivity contribution is -0.137. The lowest BCUT2D eigenvalue weighted by Gasteiger charge is -2.22. The number of alkyl carbamates (subject to hydrolysis) is 1. The van der Waals surface area contributed by atoms with Crippen molar-refractivity contribution in [3.63, 3.8) is 0 Å². The van der Waals surface area contributed by atoms with Crippen molar-refractivity contribution in [2.24, 2.45) is 0 Å². The Balaban J connectivity index is 2.69. The number of carbonyl (C=O) groups is 1. The molecule has 6 heteroatoms. The maximum atomic E-state index is 12.4. The summed E-state index contributed by atoms with van der Waals surface area (Å²) in [6.45, 7) is 6.87. The molecule has 1 amide bonds. The van der Waals surface area contributed by atoms with E-state index in [0.717, 1.165) is 12.1 Å². The average Bonchev–Trinajstić information content (AvgIpc) is 2.25. The van der Waals surface area contributed by atoms with Crippen LogP contribution in [0, 0.1) is 0 Å². The van der Waals surface area contributed by atoms with E-state index in [-0.39, 0.29) is 0 Å². The van der Waals surface area contributed by atoms with Gasteiger partial charge in [-0.05, 0) is 45.4 Å². The highest BCUT2D eigenvalue weighted by molar-refractivity contribution is 5.68. The van der Waals surface area contributed by atoms with Crippen molar-refractivity contribution >= 4 is 6.09 Å². The van der Waals surface area contributed by atoms with Gasteiger partial charge in [0.25, 0.3) is 0 Å². The summed E-state index contributed by atoms with van der Waals surface area (Å²) in [6.07, 6.45) is -4.97. The van der Waals surface area contributed by atoms with Crippen LogP contribution in [0.4, 0.5) is 18.0 Å². The Morgan fingerprint density at radius 2 is 1.65 bits per heavy atom. The highest BCUT2D eigenvalue weighted by atomic mass is 19.4. The Labute approximate surface area is 116 Å². The van der Waals surface area contributed by atoms with Gasteiger partial charge in [0.1, 0.15) is 5.60 Å². The van der Waals surface area contributed by atoms with E-state index >= 15 is 0 Å². The van der Waals surface area contributed by atoms with E-state index in [9.17, 15) is 18.0 Å². The van der Waals surface area contributed by atoms with Crippen LogP contribution >= 0.6 is 0 Å². The summed E-state index contributed by atoms with van der Waals surface area (Å²) >= 11 is 0. The van der Waals surface area contributed by atoms with Crippen molar-refractivity contribution in [3.8, 4) is 0 Å². The monoisotopic (exact) mass is 289 g/mol. The minimum Gasteiger partial charge on any atom is -0.444 e. The lowest BCUT2D eigenvalue weighted by atomic mass is 10.1. The zero-order valence-corrected chi connectivity index (χ0v) is 11.8. The van der Waals surface area contributed by atoms with Crippen molar-refractivity contribution in [2.45, 2.75) is 45.5 Å². The average molecular weight is 289 g/mol. The Kier molecular flexibility index (Phi) is 4.68. The van der Waals surface area contributed by atoms with Crippen LogP contribution in [0.5, 0.6) is 0 Å². The Morgan fingerprint density at radius 1 is 1.15 bits per heavy atom. The normalized spacial score (nSPS) is 13.8. The molecule has 0 aliphatic carbocycles. The second-order valence-electron chi connectivity index (χ2n) is 5.49. The third-order valence-corrected chi connectivity index (χ3v) is 2.47. The first-order valence-electron chi connectivity index (χ1n) is 6.16. The van der Waals surface area contributed by atoms with E-state index in [1.165, 1.54) is 12.1 Å². The number of hydrogen-bond acceptors (Lipinski definition) is 2. The zero-order valence-electron chi connectivity index (χ0n) is 11.8. The van der Waals surface area contributed by atoms with Gasteiger partial charge in [0.2, 0.25) is 0 Å². The van der Waals surface area contributed by atoms with Crippen molar-refractivity contribution < 1.29 is 22.7 Å². The minimum atomic E-state index is -4.36. The topological polar surface area (TPSA) is 38.3 Å². The van der Waals surface area contributed by atoms with Crippen LogP contribution in [0.3, 0.4) is 0 Å². The molecule has 1 rings (SSSR count). The largest absolute Gasteiger partial charge is 0.444 e. The van der Waals surface area contributed by atoms with Gasteiger partial charge in [0, 0.05) is 0 Å². The van der Waals surface area contributed by atoms with Crippen LogP contribution in [0.1, 0.15) is 44.9 Å². The smallest absolute Gasteiger partial charge is 0.416 e. The Hall–Kier alpha value is -1.72. The molecule has 1 aromatic carbocycles. The minimum absolute atomic E-state index is 0.438. The molecule has 0 heterocycles. The number of nitrogens with one attached hydrogen (secondary N) is 1. The van der Waals surface area contributed by atoms with E-state index < -0.39 is 29.5 Å². The van der Waals surface area contributed by atoms with Crippen molar-refractivity contribution in [2.75, 3.05) is 0 Å². The van der Waals surface area contributed by atoms with Crippen LogP contribution in [0.25, 0.3) is 0 Å². The number of hydrogen-bond donors (Lipinski definition) is 1. The van der Waals surface area contributed by atoms with Crippen LogP contribution in [0.2, 0.25) is 0 Å². The lowest BCUT2D eigenvalue weighted by Crippen LogP contribution is -2.34. The number of amides is 1. The summed E-state index contributed by atoms with van der Waals surface area (Å²) in [6, 6.07) is 4.22. The predicted octanol–water partition coefficient (Wildman–Crippen LogP) is 4.29. The number of carbonyl (C=O) groups excluding carboxylic acids is 1. The van der Waals surface area contributed by atoms with Gasteiger partial charge in [0.15, 0.2) is 0 Å². The molecule has 1 aromatic rings. The first kappa shape index (κ1) is 16.3. The molecule has 0 aliphatic heterocycles. The maximum Gasteiger partial charge on any atom is 0.416 e. The summed E-state index contributed by atoms with van der Waals surface area (Å²) in [7, 11) is 0. The second kappa shape index (κ2) is 5.73. The van der Waals surface area contributed by atoms with Gasteiger partial charge in [-0.3, -0.25) is 0 Å². The third kappa shape index (κ3) is 5.11. The fourth-order valence-corrected chi connectivity index (χ4v) is 1.53. The molecule has 0 aliphatic rings. The van der Waals surface area contributed by atoms with Gasteiger partial charge in [-0.2, -0.15) is 13.2 Å². The molecule has 0 aromatic heterocycles. The number of benzene rings is 1. The number of halogens is 3. The quantitative estimate of drug-likeness (QED) is 0.882. The molecule has 0 saturated heterocycles. The maximum absolute atomic E-state index is 12.4. The summed E-state index contributed by atoms with van der Waals surface area (Å²) in [5, 5.41) is 2.57. The van der Waals surface area contributed by atoms with Crippen LogP contribution < -0.4 is 5.32 Å². The van der Waals surface area contributed by atoms with Crippen LogP contribution in [-0.4, -0.2) is 11.7 Å². The van der Waals surface area contributed by atoms with Crippen molar-refractivity contribution in [3.05, 3.63) is 35.4 Å². The highest BCUT2D eigenvalue weighted by Crippen LogP contribution is 2.29. The molecule has 0 bridgehead atoms. The molecule has 0 radical (unpaired) electrons. The molecule has 0 saturated carbocycles. The molecule has 20 heavy (non-hydrogen) atoms. The molecular formula is C14H18F3NO2. The van der Waals surface area contributed by atoms with Gasteiger partial charge in [-0.25, -0.2) is 4.79 Å². The van der Waals surface area contributed by atoms with Gasteiger partial charge < -0.3 is 10.1 Å². The Morgan fingerprint density at radius 3 is 2.05 bits per heavy atom. The molecule has 0 fully saturated rings. The molecule has 3 nitrogen and oxygen atoms in total. The van der Waals surface area contributed by atoms with Gasteiger partial charge >= 0.3 is 12.3 Å². The molecule has 0 unspecified atom stereocenters. The second-order valence-corrected chi connectivity index (χ2v) is 5.49. The first-order valence-corrected chi connectivity index (χ1v) is 6.16. The van der Waals surface area contributed by atoms with Gasteiger partial charge in [-0.1, -0.05) is 12.1 Å². The van der Waals surface area contributed by atoms with Crippen molar-refractivity contribution in [1.29, 1.82) is 0 Å². The van der Waals surface area contributed by atoms with E-state index in [2.05, 4.69) is 5.32 Å². The molecule has 1 atom stereocenters. The summed E-state index contributed by atoms with van der Waals surface area (Å²) in [4.78, 5) is 11.6. The molecule has 1 N–H and O–H groups in total. The molecule has 0 spiro atoms. The van der Waals surface area contributed by atoms with Crippen molar-refractivity contribution in [1.82, 2.24) is 5.32 Å². The molecule has 112 valence electrons. The number of ether oxygens (including phenoxy) is 1. The van der Waals surface area contributed by atoms with Gasteiger partial charge in [0.05, 0.1) is 11.6 Å². The summed E-state index contributed by atoms with van der Waals surface area (Å²) in [5.41, 5.74) is -0.765. The number of rotatable bonds is 2. The molecular weight excluding hydrogens is 271 g/mol. The van der Waals surface area contributed by atoms with Crippen LogP contribution in [0.15, 0.2) is 24.3 Å². The zero-order chi connectivity index (χ0) is 15.6. The van der Waals surface area contributed by atoms with Crippen LogP contribution in [-0.2, 0) is 10.9 Å². The number of alkyl halides is 3. The fourth-order valence-electron chi connectivity index (χ4n) is 1.53. The van der Waals surface area contributed by atoms with E-state index in [4.69, 9.17) is 4.74 Å². The standard InChI is InChI=1S/C14H18F3NO2/c1-9(18-12(19)20-13(2,3)4)10-5-7-11(8-6-10)14(15,16)17/h5-9H,1-4H3,(H,18,19)/t9-/m1/s1. The van der Waals surface area contributed by atoms with Gasteiger partial charge in [-0.15, -0.1) is 0 Å². The first-order chi connectivity index (χ1) is 8.99. The summed E-state index contributed by atoms with van der Waals surface area (Å²) in [5.74, 6) is 0. The summed E-state index contributed by atoms with van der Waals surface area (Å²) < 4.78 is 42.4. The Bertz CT molecular complexity index is 461. The predicted molar refractivity (Wildman–Crippen MR) is 69.2 cm³/mol. The fraction of sp³-hybridized carbons (Fsp3) is 0.500. The SMILES string of the molecule is C[C@@H](NC(=O)OC(C)(C)C)c1ccc(C(F)(F)F)cc1. The van der Waals surface area contributed by atoms with E-state index in [0.29, 0.717) is 5.56 Å². The highest BCUT2D eigenvalue weighted by Gasteiger charge is 2.30. The third-order valence-electron chi connectivity index (χ3n) is 2.47. The van der Waals surface area contributed by atoms with E-state index in [1.54, 1.807) is 27.7 Å². The van der Waals surface area contributed by atoms with E-state index in [1.807, 2.05) is 0 Å².